The summed E-state index contributed by atoms with van der Waals surface area (Å²) in [7, 11) is 0. The Labute approximate surface area is 219 Å². The maximum Gasteiger partial charge on any atom is 0.416 e. The Kier molecular flexibility index (Phi) is 9.08. The third-order valence-electron chi connectivity index (χ3n) is 6.01. The Morgan fingerprint density at radius 2 is 1.58 bits per heavy atom. The minimum Gasteiger partial charge on any atom is -0.481 e. The molecule has 38 heavy (non-hydrogen) atoms. The van der Waals surface area contributed by atoms with Gasteiger partial charge in [-0.05, 0) is 66.1 Å². The second-order valence-electron chi connectivity index (χ2n) is 9.63. The molecule has 202 valence electrons. The van der Waals surface area contributed by atoms with Crippen LogP contribution in [0.4, 0.5) is 19.1 Å². The van der Waals surface area contributed by atoms with Gasteiger partial charge in [0.15, 0.2) is 0 Å². The zero-order valence-electron chi connectivity index (χ0n) is 21.7. The van der Waals surface area contributed by atoms with Gasteiger partial charge in [-0.25, -0.2) is 9.97 Å². The standard InChI is InChI=1S/C28H31F3N4O3/c1-16(2)11-23(35-27-33-14-21(15-34-27)26(38)32-10-9-24(36)37)20-12-17(3)25(18(4)13-20)19-5-7-22(8-6-19)28(29,30)31/h5-8,12-16,23H,9-11H2,1-4H3,(H,32,38)(H,36,37)(H,33,34,35)/t23-/m0/s1. The first kappa shape index (κ1) is 28.6. The van der Waals surface area contributed by atoms with Gasteiger partial charge in [-0.1, -0.05) is 38.1 Å². The van der Waals surface area contributed by atoms with Gasteiger partial charge >= 0.3 is 12.1 Å². The molecule has 0 saturated carbocycles. The number of carbonyl (C=O) groups is 2. The van der Waals surface area contributed by atoms with E-state index >= 15 is 0 Å². The van der Waals surface area contributed by atoms with Crippen molar-refractivity contribution in [3.05, 3.63) is 76.6 Å². The number of aryl methyl sites for hydroxylation is 2. The minimum absolute atomic E-state index is 0.00576. The number of rotatable bonds is 10. The average Bonchev–Trinajstić information content (AvgIpc) is 2.83. The fourth-order valence-corrected chi connectivity index (χ4v) is 4.29. The number of amides is 1. The Morgan fingerprint density at radius 3 is 2.08 bits per heavy atom. The lowest BCUT2D eigenvalue weighted by atomic mass is 9.89. The highest BCUT2D eigenvalue weighted by Crippen LogP contribution is 2.35. The lowest BCUT2D eigenvalue weighted by Crippen LogP contribution is -2.26. The lowest BCUT2D eigenvalue weighted by Gasteiger charge is -2.23. The van der Waals surface area contributed by atoms with E-state index in [1.54, 1.807) is 0 Å². The zero-order chi connectivity index (χ0) is 28.0. The second-order valence-corrected chi connectivity index (χ2v) is 9.63. The SMILES string of the molecule is Cc1cc([C@H](CC(C)C)Nc2ncc(C(=O)NCCC(=O)O)cn2)cc(C)c1-c1ccc(C(F)(F)F)cc1. The van der Waals surface area contributed by atoms with Crippen molar-refractivity contribution in [1.82, 2.24) is 15.3 Å². The van der Waals surface area contributed by atoms with Gasteiger partial charge < -0.3 is 15.7 Å². The third-order valence-corrected chi connectivity index (χ3v) is 6.01. The normalized spacial score (nSPS) is 12.3. The van der Waals surface area contributed by atoms with Gasteiger partial charge in [-0.3, -0.25) is 9.59 Å². The van der Waals surface area contributed by atoms with E-state index in [1.165, 1.54) is 24.5 Å². The van der Waals surface area contributed by atoms with E-state index in [-0.39, 0.29) is 24.6 Å². The van der Waals surface area contributed by atoms with Crippen LogP contribution in [0.2, 0.25) is 0 Å². The molecule has 3 aromatic rings. The van der Waals surface area contributed by atoms with Gasteiger partial charge in [0, 0.05) is 18.9 Å². The maximum absolute atomic E-state index is 13.0. The number of hydrogen-bond acceptors (Lipinski definition) is 5. The van der Waals surface area contributed by atoms with Crippen molar-refractivity contribution in [1.29, 1.82) is 0 Å². The topological polar surface area (TPSA) is 104 Å². The van der Waals surface area contributed by atoms with E-state index in [9.17, 15) is 22.8 Å². The summed E-state index contributed by atoms with van der Waals surface area (Å²) in [6, 6.07) is 9.07. The smallest absolute Gasteiger partial charge is 0.416 e. The van der Waals surface area contributed by atoms with Crippen LogP contribution in [0, 0.1) is 19.8 Å². The Bertz CT molecular complexity index is 1250. The molecule has 0 bridgehead atoms. The van der Waals surface area contributed by atoms with E-state index < -0.39 is 23.6 Å². The van der Waals surface area contributed by atoms with Gasteiger partial charge in [0.1, 0.15) is 0 Å². The number of carbonyl (C=O) groups excluding carboxylic acids is 1. The molecule has 3 N–H and O–H groups in total. The highest BCUT2D eigenvalue weighted by Gasteiger charge is 2.30. The summed E-state index contributed by atoms with van der Waals surface area (Å²) in [5, 5.41) is 14.5. The molecule has 1 amide bonds. The number of halogens is 3. The lowest BCUT2D eigenvalue weighted by molar-refractivity contribution is -0.138. The highest BCUT2D eigenvalue weighted by atomic mass is 19.4. The molecule has 1 heterocycles. The van der Waals surface area contributed by atoms with Crippen LogP contribution in [0.3, 0.4) is 0 Å². The van der Waals surface area contributed by atoms with E-state index in [0.29, 0.717) is 17.4 Å². The van der Waals surface area contributed by atoms with Crippen LogP contribution in [0.5, 0.6) is 0 Å². The number of hydrogen-bond donors (Lipinski definition) is 3. The molecule has 0 spiro atoms. The van der Waals surface area contributed by atoms with Gasteiger partial charge in [0.2, 0.25) is 5.95 Å². The van der Waals surface area contributed by atoms with E-state index in [4.69, 9.17) is 5.11 Å². The van der Waals surface area contributed by atoms with Crippen LogP contribution in [0.15, 0.2) is 48.8 Å². The summed E-state index contributed by atoms with van der Waals surface area (Å²) in [4.78, 5) is 31.3. The fraction of sp³-hybridized carbons (Fsp3) is 0.357. The number of benzene rings is 2. The van der Waals surface area contributed by atoms with Crippen molar-refractivity contribution in [2.75, 3.05) is 11.9 Å². The summed E-state index contributed by atoms with van der Waals surface area (Å²) >= 11 is 0. The predicted octanol–water partition coefficient (Wildman–Crippen LogP) is 6.18. The number of nitrogens with one attached hydrogen (secondary N) is 2. The molecule has 1 aromatic heterocycles. The number of nitrogens with zero attached hydrogens (tertiary/aromatic N) is 2. The minimum atomic E-state index is -4.38. The molecule has 0 saturated heterocycles. The number of aliphatic carboxylic acids is 1. The van der Waals surface area contributed by atoms with Crippen molar-refractivity contribution in [3.63, 3.8) is 0 Å². The zero-order valence-corrected chi connectivity index (χ0v) is 21.7. The largest absolute Gasteiger partial charge is 0.481 e. The summed E-state index contributed by atoms with van der Waals surface area (Å²) in [6.07, 6.45) is -1.05. The van der Waals surface area contributed by atoms with E-state index in [2.05, 4.69) is 34.4 Å². The summed E-state index contributed by atoms with van der Waals surface area (Å²) in [5.74, 6) is -0.793. The van der Waals surface area contributed by atoms with Crippen molar-refractivity contribution < 1.29 is 27.9 Å². The first-order valence-electron chi connectivity index (χ1n) is 12.2. The fourth-order valence-electron chi connectivity index (χ4n) is 4.29. The van der Waals surface area contributed by atoms with Crippen molar-refractivity contribution >= 4 is 17.8 Å². The molecular formula is C28H31F3N4O3. The van der Waals surface area contributed by atoms with E-state index in [0.717, 1.165) is 40.8 Å². The van der Waals surface area contributed by atoms with Crippen LogP contribution in [0.25, 0.3) is 11.1 Å². The van der Waals surface area contributed by atoms with Gasteiger partial charge in [-0.2, -0.15) is 13.2 Å². The molecule has 1 atom stereocenters. The molecular weight excluding hydrogens is 497 g/mol. The number of alkyl halides is 3. The first-order chi connectivity index (χ1) is 17.8. The highest BCUT2D eigenvalue weighted by molar-refractivity contribution is 5.93. The molecule has 0 radical (unpaired) electrons. The van der Waals surface area contributed by atoms with Crippen LogP contribution in [-0.2, 0) is 11.0 Å². The monoisotopic (exact) mass is 528 g/mol. The number of carboxylic acid groups (broad SMARTS) is 1. The molecule has 10 heteroatoms. The molecule has 0 aliphatic rings. The summed E-state index contributed by atoms with van der Waals surface area (Å²) < 4.78 is 39.0. The quantitative estimate of drug-likeness (QED) is 0.290. The second kappa shape index (κ2) is 12.1. The molecule has 0 aliphatic heterocycles. The van der Waals surface area contributed by atoms with Crippen molar-refractivity contribution in [2.45, 2.75) is 52.8 Å². The van der Waals surface area contributed by atoms with Crippen molar-refractivity contribution in [2.24, 2.45) is 5.92 Å². The molecule has 7 nitrogen and oxygen atoms in total. The van der Waals surface area contributed by atoms with Crippen molar-refractivity contribution in [3.8, 4) is 11.1 Å². The third kappa shape index (κ3) is 7.53. The molecule has 0 aliphatic carbocycles. The Balaban J connectivity index is 1.81. The van der Waals surface area contributed by atoms with Crippen LogP contribution in [0.1, 0.15) is 65.3 Å². The average molecular weight is 529 g/mol. The Morgan fingerprint density at radius 1 is 1.00 bits per heavy atom. The maximum atomic E-state index is 13.0. The molecule has 2 aromatic carbocycles. The summed E-state index contributed by atoms with van der Waals surface area (Å²) in [5.41, 5.74) is 4.00. The molecule has 3 rings (SSSR count). The number of aromatic nitrogens is 2. The molecule has 0 unspecified atom stereocenters. The number of carboxylic acids is 1. The van der Waals surface area contributed by atoms with Crippen LogP contribution in [-0.4, -0.2) is 33.5 Å². The van der Waals surface area contributed by atoms with Gasteiger partial charge in [-0.15, -0.1) is 0 Å². The van der Waals surface area contributed by atoms with Crippen LogP contribution < -0.4 is 10.6 Å². The van der Waals surface area contributed by atoms with E-state index in [1.807, 2.05) is 26.0 Å². The van der Waals surface area contributed by atoms with Gasteiger partial charge in [0.05, 0.1) is 23.6 Å². The predicted molar refractivity (Wildman–Crippen MR) is 139 cm³/mol. The first-order valence-corrected chi connectivity index (χ1v) is 12.2. The van der Waals surface area contributed by atoms with Crippen LogP contribution >= 0.6 is 0 Å². The molecule has 0 fully saturated rings. The number of anilines is 1. The van der Waals surface area contributed by atoms with Gasteiger partial charge in [0.25, 0.3) is 5.91 Å². The summed E-state index contributed by atoms with van der Waals surface area (Å²) in [6.45, 7) is 8.06. The Hall–Kier alpha value is -3.95.